The highest BCUT2D eigenvalue weighted by atomic mass is 79.9. The molecule has 0 atom stereocenters. The first-order valence-corrected chi connectivity index (χ1v) is 10.3. The maximum atomic E-state index is 12.6. The molecule has 3 rings (SSSR count). The van der Waals surface area contributed by atoms with E-state index in [0.29, 0.717) is 22.4 Å². The molecule has 1 heterocycles. The second-order valence-corrected chi connectivity index (χ2v) is 8.38. The molecule has 0 saturated carbocycles. The molecule has 0 unspecified atom stereocenters. The van der Waals surface area contributed by atoms with Gasteiger partial charge in [0.1, 0.15) is 16.7 Å². The molecule has 0 spiro atoms. The van der Waals surface area contributed by atoms with Crippen molar-refractivity contribution in [3.63, 3.8) is 0 Å². The Morgan fingerprint density at radius 3 is 2.73 bits per heavy atom. The summed E-state index contributed by atoms with van der Waals surface area (Å²) in [5, 5.41) is 0. The number of carbonyl (C=O) groups is 1. The molecule has 2 aromatic rings. The molecule has 1 saturated heterocycles. The first-order chi connectivity index (χ1) is 12.6. The zero-order valence-corrected chi connectivity index (χ0v) is 17.5. The average Bonchev–Trinajstić information content (AvgIpc) is 2.90. The molecule has 0 N–H and O–H groups in total. The Balaban J connectivity index is 1.84. The van der Waals surface area contributed by atoms with Crippen molar-refractivity contribution in [2.75, 3.05) is 6.54 Å². The molecule has 0 aliphatic carbocycles. The van der Waals surface area contributed by atoms with Crippen LogP contribution in [0.25, 0.3) is 6.08 Å². The van der Waals surface area contributed by atoms with Gasteiger partial charge < -0.3 is 4.74 Å². The van der Waals surface area contributed by atoms with Crippen LogP contribution in [0.2, 0.25) is 0 Å². The minimum Gasteiger partial charge on any atom is -0.488 e. The summed E-state index contributed by atoms with van der Waals surface area (Å²) in [5.74, 6) is 0.702. The maximum Gasteiger partial charge on any atom is 0.266 e. The fourth-order valence-electron chi connectivity index (χ4n) is 2.56. The SMILES string of the molecule is CCCN1C(=O)/C(=C\c2cc(Br)ccc2OCc2ccccc2)SC1=S. The van der Waals surface area contributed by atoms with Gasteiger partial charge in [0, 0.05) is 16.6 Å². The zero-order valence-electron chi connectivity index (χ0n) is 14.3. The normalized spacial score (nSPS) is 15.8. The highest BCUT2D eigenvalue weighted by molar-refractivity contribution is 9.10. The van der Waals surface area contributed by atoms with Crippen LogP contribution in [0.3, 0.4) is 0 Å². The van der Waals surface area contributed by atoms with Crippen LogP contribution in [0.15, 0.2) is 57.9 Å². The lowest BCUT2D eigenvalue weighted by Crippen LogP contribution is -2.28. The molecular weight excluding hydrogens is 430 g/mol. The van der Waals surface area contributed by atoms with E-state index in [4.69, 9.17) is 17.0 Å². The Morgan fingerprint density at radius 2 is 2.00 bits per heavy atom. The monoisotopic (exact) mass is 447 g/mol. The molecule has 1 fully saturated rings. The van der Waals surface area contributed by atoms with Crippen LogP contribution in [-0.4, -0.2) is 21.7 Å². The number of carbonyl (C=O) groups excluding carboxylic acids is 1. The largest absolute Gasteiger partial charge is 0.488 e. The van der Waals surface area contributed by atoms with E-state index in [1.807, 2.05) is 61.5 Å². The summed E-state index contributed by atoms with van der Waals surface area (Å²) < 4.78 is 7.54. The van der Waals surface area contributed by atoms with Crippen LogP contribution >= 0.6 is 39.9 Å². The number of hydrogen-bond donors (Lipinski definition) is 0. The van der Waals surface area contributed by atoms with Gasteiger partial charge in [-0.3, -0.25) is 9.69 Å². The zero-order chi connectivity index (χ0) is 18.5. The third-order valence-corrected chi connectivity index (χ3v) is 5.69. The molecule has 0 aromatic heterocycles. The van der Waals surface area contributed by atoms with E-state index in [1.165, 1.54) is 11.8 Å². The van der Waals surface area contributed by atoms with Gasteiger partial charge in [-0.2, -0.15) is 0 Å². The molecule has 26 heavy (non-hydrogen) atoms. The van der Waals surface area contributed by atoms with Gasteiger partial charge in [-0.15, -0.1) is 0 Å². The molecular formula is C20H18BrNO2S2. The average molecular weight is 448 g/mol. The van der Waals surface area contributed by atoms with Crippen molar-refractivity contribution < 1.29 is 9.53 Å². The van der Waals surface area contributed by atoms with Crippen molar-refractivity contribution >= 4 is 56.2 Å². The third kappa shape index (κ3) is 4.55. The van der Waals surface area contributed by atoms with Gasteiger partial charge in [-0.05, 0) is 36.3 Å². The van der Waals surface area contributed by atoms with E-state index in [2.05, 4.69) is 15.9 Å². The summed E-state index contributed by atoms with van der Waals surface area (Å²) in [5.41, 5.74) is 1.95. The van der Waals surface area contributed by atoms with Crippen LogP contribution in [0.1, 0.15) is 24.5 Å². The predicted molar refractivity (Wildman–Crippen MR) is 115 cm³/mol. The Kier molecular flexibility index (Phi) is 6.51. The van der Waals surface area contributed by atoms with E-state index in [0.717, 1.165) is 27.8 Å². The first-order valence-electron chi connectivity index (χ1n) is 8.30. The van der Waals surface area contributed by atoms with Crippen LogP contribution in [-0.2, 0) is 11.4 Å². The summed E-state index contributed by atoms with van der Waals surface area (Å²) in [7, 11) is 0. The van der Waals surface area contributed by atoms with Crippen molar-refractivity contribution in [2.45, 2.75) is 20.0 Å². The van der Waals surface area contributed by atoms with Crippen LogP contribution in [0.5, 0.6) is 5.75 Å². The summed E-state index contributed by atoms with van der Waals surface area (Å²) >= 11 is 10.2. The lowest BCUT2D eigenvalue weighted by atomic mass is 10.1. The van der Waals surface area contributed by atoms with Gasteiger partial charge in [-0.25, -0.2) is 0 Å². The number of ether oxygens (including phenoxy) is 1. The van der Waals surface area contributed by atoms with Crippen LogP contribution in [0, 0.1) is 0 Å². The van der Waals surface area contributed by atoms with Crippen molar-refractivity contribution in [3.8, 4) is 5.75 Å². The van der Waals surface area contributed by atoms with E-state index in [9.17, 15) is 4.79 Å². The highest BCUT2D eigenvalue weighted by Gasteiger charge is 2.31. The van der Waals surface area contributed by atoms with Gasteiger partial charge in [0.25, 0.3) is 5.91 Å². The highest BCUT2D eigenvalue weighted by Crippen LogP contribution is 2.35. The lowest BCUT2D eigenvalue weighted by molar-refractivity contribution is -0.122. The molecule has 1 aliphatic heterocycles. The number of hydrogen-bond acceptors (Lipinski definition) is 4. The minimum absolute atomic E-state index is 0.0316. The number of benzene rings is 2. The molecule has 1 aliphatic rings. The van der Waals surface area contributed by atoms with Crippen molar-refractivity contribution in [1.29, 1.82) is 0 Å². The molecule has 6 heteroatoms. The second kappa shape index (κ2) is 8.84. The smallest absolute Gasteiger partial charge is 0.266 e. The quantitative estimate of drug-likeness (QED) is 0.423. The van der Waals surface area contributed by atoms with Gasteiger partial charge >= 0.3 is 0 Å². The lowest BCUT2D eigenvalue weighted by Gasteiger charge is -2.12. The molecule has 3 nitrogen and oxygen atoms in total. The molecule has 134 valence electrons. The van der Waals surface area contributed by atoms with Crippen molar-refractivity contribution in [2.24, 2.45) is 0 Å². The number of thioether (sulfide) groups is 1. The van der Waals surface area contributed by atoms with E-state index >= 15 is 0 Å². The van der Waals surface area contributed by atoms with Crippen molar-refractivity contribution in [1.82, 2.24) is 4.90 Å². The number of thiocarbonyl (C=S) groups is 1. The number of rotatable bonds is 6. The summed E-state index contributed by atoms with van der Waals surface area (Å²) in [6, 6.07) is 15.8. The number of nitrogens with zero attached hydrogens (tertiary/aromatic N) is 1. The standard InChI is InChI=1S/C20H18BrNO2S2/c1-2-10-22-19(23)18(26-20(22)25)12-15-11-16(21)8-9-17(15)24-13-14-6-4-3-5-7-14/h3-9,11-12H,2,10,13H2,1H3/b18-12+. The Hall–Kier alpha value is -1.63. The van der Waals surface area contributed by atoms with E-state index < -0.39 is 0 Å². The third-order valence-electron chi connectivity index (χ3n) is 3.82. The van der Waals surface area contributed by atoms with Crippen LogP contribution in [0.4, 0.5) is 0 Å². The topological polar surface area (TPSA) is 29.5 Å². The van der Waals surface area contributed by atoms with Gasteiger partial charge in [-0.1, -0.05) is 77.2 Å². The minimum atomic E-state index is -0.0316. The summed E-state index contributed by atoms with van der Waals surface area (Å²) in [6.45, 7) is 3.16. The molecule has 0 radical (unpaired) electrons. The number of amides is 1. The van der Waals surface area contributed by atoms with Crippen LogP contribution < -0.4 is 4.74 Å². The fraction of sp³-hybridized carbons (Fsp3) is 0.200. The van der Waals surface area contributed by atoms with Gasteiger partial charge in [0.05, 0.1) is 4.91 Å². The first kappa shape index (κ1) is 19.1. The van der Waals surface area contributed by atoms with Crippen molar-refractivity contribution in [3.05, 3.63) is 69.0 Å². The Bertz CT molecular complexity index is 852. The second-order valence-electron chi connectivity index (χ2n) is 5.79. The molecule has 0 bridgehead atoms. The number of halogens is 1. The summed E-state index contributed by atoms with van der Waals surface area (Å²) in [6.07, 6.45) is 2.74. The maximum absolute atomic E-state index is 12.6. The predicted octanol–water partition coefficient (Wildman–Crippen LogP) is 5.64. The Morgan fingerprint density at radius 1 is 1.23 bits per heavy atom. The van der Waals surface area contributed by atoms with Gasteiger partial charge in [0.15, 0.2) is 0 Å². The van der Waals surface area contributed by atoms with Gasteiger partial charge in [0.2, 0.25) is 0 Å². The Labute approximate surface area is 171 Å². The van der Waals surface area contributed by atoms with E-state index in [1.54, 1.807) is 4.90 Å². The fourth-order valence-corrected chi connectivity index (χ4v) is 4.23. The molecule has 2 aromatic carbocycles. The summed E-state index contributed by atoms with van der Waals surface area (Å²) in [4.78, 5) is 14.9. The molecule has 1 amide bonds. The van der Waals surface area contributed by atoms with E-state index in [-0.39, 0.29) is 5.91 Å².